The van der Waals surface area contributed by atoms with Crippen molar-refractivity contribution in [3.8, 4) is 11.1 Å². The predicted octanol–water partition coefficient (Wildman–Crippen LogP) is 2.50. The average Bonchev–Trinajstić information content (AvgIpc) is 3.28. The SMILES string of the molecule is CC/C=C\C(C)=C/CN(N)/C(=N\N)c1cc(-c2cnn(C3CCN(C)CC3)c2)cnc1N. The van der Waals surface area contributed by atoms with Crippen LogP contribution in [0.2, 0.25) is 0 Å². The number of hydrogen-bond donors (Lipinski definition) is 3. The molecule has 0 spiro atoms. The lowest BCUT2D eigenvalue weighted by Gasteiger charge is -2.28. The number of allylic oxidation sites excluding steroid dienone is 3. The second kappa shape index (κ2) is 10.9. The summed E-state index contributed by atoms with van der Waals surface area (Å²) >= 11 is 0. The number of rotatable bonds is 7. The molecule has 1 aliphatic heterocycles. The fourth-order valence-electron chi connectivity index (χ4n) is 3.76. The molecule has 0 aliphatic carbocycles. The number of pyridine rings is 1. The molecule has 6 N–H and O–H groups in total. The number of nitrogen functional groups attached to an aromatic ring is 1. The van der Waals surface area contributed by atoms with E-state index in [0.29, 0.717) is 29.8 Å². The Morgan fingerprint density at radius 3 is 2.72 bits per heavy atom. The van der Waals surface area contributed by atoms with Crippen LogP contribution in [0.1, 0.15) is 44.7 Å². The molecule has 2 aromatic rings. The van der Waals surface area contributed by atoms with Crippen molar-refractivity contribution in [2.75, 3.05) is 32.4 Å². The Morgan fingerprint density at radius 1 is 1.28 bits per heavy atom. The van der Waals surface area contributed by atoms with E-state index in [9.17, 15) is 0 Å². The molecule has 0 aromatic carbocycles. The molecule has 9 nitrogen and oxygen atoms in total. The average molecular weight is 438 g/mol. The van der Waals surface area contributed by atoms with Crippen LogP contribution in [0, 0.1) is 0 Å². The fourth-order valence-corrected chi connectivity index (χ4v) is 3.76. The summed E-state index contributed by atoms with van der Waals surface area (Å²) in [4.78, 5) is 6.71. The number of nitrogens with zero attached hydrogens (tertiary/aromatic N) is 6. The van der Waals surface area contributed by atoms with Gasteiger partial charge in [0.15, 0.2) is 5.84 Å². The normalized spacial score (nSPS) is 16.8. The van der Waals surface area contributed by atoms with Crippen molar-refractivity contribution in [1.29, 1.82) is 0 Å². The van der Waals surface area contributed by atoms with E-state index in [0.717, 1.165) is 49.1 Å². The number of likely N-dealkylation sites (tertiary alicyclic amines) is 1. The van der Waals surface area contributed by atoms with Crippen LogP contribution in [0.5, 0.6) is 0 Å². The molecule has 0 radical (unpaired) electrons. The number of nitrogens with two attached hydrogens (primary N) is 3. The standard InChI is InChI=1S/C23H35N9/c1-4-5-6-17(2)7-12-31(26)23(29-25)21-13-18(14-27-22(21)24)19-15-28-32(16-19)20-8-10-30(3)11-9-20/h5-7,13-16,20H,4,8-12,25-26H2,1-3H3,(H2,24,27)/b6-5-,17-7-,29-23-. The number of anilines is 1. The topological polar surface area (TPSA) is 128 Å². The molecule has 1 fully saturated rings. The summed E-state index contributed by atoms with van der Waals surface area (Å²) in [5, 5.41) is 9.98. The third-order valence-corrected chi connectivity index (χ3v) is 5.78. The van der Waals surface area contributed by atoms with Crippen molar-refractivity contribution < 1.29 is 0 Å². The van der Waals surface area contributed by atoms with Gasteiger partial charge >= 0.3 is 0 Å². The Hall–Kier alpha value is -3.17. The summed E-state index contributed by atoms with van der Waals surface area (Å²) in [6.07, 6.45) is 15.0. The lowest BCUT2D eigenvalue weighted by atomic mass is 10.1. The number of aromatic nitrogens is 3. The minimum Gasteiger partial charge on any atom is -0.383 e. The van der Waals surface area contributed by atoms with E-state index in [1.165, 1.54) is 5.01 Å². The first-order valence-electron chi connectivity index (χ1n) is 11.0. The van der Waals surface area contributed by atoms with Gasteiger partial charge in [-0.05, 0) is 52.4 Å². The minimum atomic E-state index is 0.322. The molecule has 3 heterocycles. The van der Waals surface area contributed by atoms with Crippen LogP contribution in [0.3, 0.4) is 0 Å². The molecule has 0 saturated carbocycles. The van der Waals surface area contributed by atoms with Gasteiger partial charge in [-0.3, -0.25) is 9.69 Å². The van der Waals surface area contributed by atoms with Crippen LogP contribution in [0.4, 0.5) is 5.82 Å². The van der Waals surface area contributed by atoms with Gasteiger partial charge in [-0.1, -0.05) is 30.7 Å². The lowest BCUT2D eigenvalue weighted by Crippen LogP contribution is -2.39. The molecule has 0 bridgehead atoms. The molecule has 2 aromatic heterocycles. The maximum absolute atomic E-state index is 6.26. The zero-order valence-corrected chi connectivity index (χ0v) is 19.3. The molecule has 0 amide bonds. The summed E-state index contributed by atoms with van der Waals surface area (Å²) in [6.45, 7) is 6.72. The molecule has 1 saturated heterocycles. The number of hydrazine groups is 1. The molecule has 172 valence electrons. The van der Waals surface area contributed by atoms with E-state index in [2.05, 4.69) is 57.1 Å². The quantitative estimate of drug-likeness (QED) is 0.200. The second-order valence-electron chi connectivity index (χ2n) is 8.26. The summed E-state index contributed by atoms with van der Waals surface area (Å²) in [5.41, 5.74) is 9.72. The second-order valence-corrected chi connectivity index (χ2v) is 8.26. The molecule has 9 heteroatoms. The summed E-state index contributed by atoms with van der Waals surface area (Å²) in [6, 6.07) is 2.33. The van der Waals surface area contributed by atoms with Gasteiger partial charge in [0.2, 0.25) is 0 Å². The van der Waals surface area contributed by atoms with Crippen LogP contribution in [0.15, 0.2) is 53.6 Å². The van der Waals surface area contributed by atoms with Gasteiger partial charge in [0.1, 0.15) is 5.82 Å². The van der Waals surface area contributed by atoms with Crippen LogP contribution in [0.25, 0.3) is 11.1 Å². The van der Waals surface area contributed by atoms with Gasteiger partial charge in [0.25, 0.3) is 0 Å². The van der Waals surface area contributed by atoms with Crippen LogP contribution < -0.4 is 17.4 Å². The van der Waals surface area contributed by atoms with E-state index in [4.69, 9.17) is 17.4 Å². The molecule has 0 unspecified atom stereocenters. The first kappa shape index (κ1) is 23.5. The first-order valence-corrected chi connectivity index (χ1v) is 11.0. The lowest BCUT2D eigenvalue weighted by molar-refractivity contribution is 0.212. The van der Waals surface area contributed by atoms with E-state index < -0.39 is 0 Å². The third kappa shape index (κ3) is 5.74. The number of hydrazone groups is 1. The summed E-state index contributed by atoms with van der Waals surface area (Å²) < 4.78 is 2.06. The van der Waals surface area contributed by atoms with Crippen LogP contribution >= 0.6 is 0 Å². The van der Waals surface area contributed by atoms with Crippen molar-refractivity contribution in [2.45, 2.75) is 39.2 Å². The molecule has 3 rings (SSSR count). The largest absolute Gasteiger partial charge is 0.383 e. The third-order valence-electron chi connectivity index (χ3n) is 5.78. The highest BCUT2D eigenvalue weighted by atomic mass is 15.4. The molecule has 0 atom stereocenters. The molecule has 1 aliphatic rings. The van der Waals surface area contributed by atoms with Gasteiger partial charge in [0, 0.05) is 23.5 Å². The van der Waals surface area contributed by atoms with Gasteiger partial charge in [-0.15, -0.1) is 0 Å². The zero-order chi connectivity index (χ0) is 23.1. The predicted molar refractivity (Wildman–Crippen MR) is 130 cm³/mol. The molecular weight excluding hydrogens is 402 g/mol. The number of hydrogen-bond acceptors (Lipinski definition) is 7. The highest BCUT2D eigenvalue weighted by Crippen LogP contribution is 2.26. The Bertz CT molecular complexity index is 981. The maximum atomic E-state index is 6.26. The Labute approximate surface area is 190 Å². The number of amidine groups is 1. The van der Waals surface area contributed by atoms with Gasteiger partial charge in [-0.25, -0.2) is 10.8 Å². The maximum Gasteiger partial charge on any atom is 0.173 e. The van der Waals surface area contributed by atoms with E-state index in [1.807, 2.05) is 25.3 Å². The van der Waals surface area contributed by atoms with E-state index in [-0.39, 0.29) is 0 Å². The van der Waals surface area contributed by atoms with Crippen molar-refractivity contribution in [3.63, 3.8) is 0 Å². The van der Waals surface area contributed by atoms with Crippen LogP contribution in [-0.2, 0) is 0 Å². The molecule has 32 heavy (non-hydrogen) atoms. The minimum absolute atomic E-state index is 0.322. The zero-order valence-electron chi connectivity index (χ0n) is 19.3. The van der Waals surface area contributed by atoms with Crippen LogP contribution in [-0.4, -0.2) is 57.2 Å². The van der Waals surface area contributed by atoms with Crippen molar-refractivity contribution in [2.24, 2.45) is 16.8 Å². The smallest absolute Gasteiger partial charge is 0.173 e. The Morgan fingerprint density at radius 2 is 2.03 bits per heavy atom. The van der Waals surface area contributed by atoms with E-state index in [1.54, 1.807) is 6.20 Å². The fraction of sp³-hybridized carbons (Fsp3) is 0.435. The summed E-state index contributed by atoms with van der Waals surface area (Å²) in [5.74, 6) is 12.6. The van der Waals surface area contributed by atoms with Gasteiger partial charge in [-0.2, -0.15) is 10.2 Å². The highest BCUT2D eigenvalue weighted by Gasteiger charge is 2.20. The number of piperidine rings is 1. The van der Waals surface area contributed by atoms with Gasteiger partial charge in [0.05, 0.1) is 24.3 Å². The van der Waals surface area contributed by atoms with E-state index >= 15 is 0 Å². The Balaban J connectivity index is 1.79. The summed E-state index contributed by atoms with van der Waals surface area (Å²) in [7, 11) is 2.16. The van der Waals surface area contributed by atoms with Crippen molar-refractivity contribution in [3.05, 3.63) is 54.0 Å². The first-order chi connectivity index (χ1) is 15.4. The Kier molecular flexibility index (Phi) is 8.02. The monoisotopic (exact) mass is 437 g/mol. The van der Waals surface area contributed by atoms with Crippen molar-refractivity contribution >= 4 is 11.7 Å². The highest BCUT2D eigenvalue weighted by molar-refractivity contribution is 6.02. The van der Waals surface area contributed by atoms with Gasteiger partial charge < -0.3 is 16.5 Å². The van der Waals surface area contributed by atoms with Crippen molar-refractivity contribution in [1.82, 2.24) is 24.7 Å². The molecular formula is C23H35N9.